The summed E-state index contributed by atoms with van der Waals surface area (Å²) in [5.41, 5.74) is 3.86. The van der Waals surface area contributed by atoms with Crippen molar-refractivity contribution in [1.29, 1.82) is 0 Å². The Balaban J connectivity index is 1.99. The molecule has 31 heavy (non-hydrogen) atoms. The van der Waals surface area contributed by atoms with Crippen LogP contribution in [-0.4, -0.2) is 18.3 Å². The summed E-state index contributed by atoms with van der Waals surface area (Å²) in [6.45, 7) is 8.42. The Hall–Kier alpha value is -3.08. The molecular formula is C26H30N2O3. The summed E-state index contributed by atoms with van der Waals surface area (Å²) in [6.07, 6.45) is 2.06. The highest BCUT2D eigenvalue weighted by Crippen LogP contribution is 2.49. The molecule has 4 rings (SSSR count). The third kappa shape index (κ3) is 3.97. The number of anilines is 2. The van der Waals surface area contributed by atoms with Gasteiger partial charge in [-0.05, 0) is 36.5 Å². The lowest BCUT2D eigenvalue weighted by molar-refractivity contribution is -0.118. The number of Topliss-reactive ketones (excluding diaryl/α,β-unsaturated/α-hetero) is 1. The Morgan fingerprint density at radius 1 is 1.13 bits per heavy atom. The van der Waals surface area contributed by atoms with E-state index in [0.29, 0.717) is 24.4 Å². The Labute approximate surface area is 184 Å². The minimum atomic E-state index is -0.541. The lowest BCUT2D eigenvalue weighted by atomic mass is 9.73. The van der Waals surface area contributed by atoms with Gasteiger partial charge in [0.05, 0.1) is 24.0 Å². The van der Waals surface area contributed by atoms with Crippen LogP contribution in [0.1, 0.15) is 58.6 Å². The van der Waals surface area contributed by atoms with E-state index in [4.69, 9.17) is 4.74 Å². The van der Waals surface area contributed by atoms with Crippen LogP contribution in [0.15, 0.2) is 59.8 Å². The lowest BCUT2D eigenvalue weighted by Gasteiger charge is -2.37. The number of carbonyl (C=O) groups excluding carboxylic acids is 2. The molecule has 1 atom stereocenters. The maximum Gasteiger partial charge on any atom is 0.224 e. The third-order valence-electron chi connectivity index (χ3n) is 5.92. The normalized spacial score (nSPS) is 19.8. The molecule has 1 heterocycles. The van der Waals surface area contributed by atoms with Gasteiger partial charge in [-0.1, -0.05) is 51.1 Å². The number of carbonyl (C=O) groups is 2. The van der Waals surface area contributed by atoms with Crippen molar-refractivity contribution in [3.05, 3.63) is 65.4 Å². The number of nitrogens with zero attached hydrogens (tertiary/aromatic N) is 1. The van der Waals surface area contributed by atoms with Crippen molar-refractivity contribution in [2.75, 3.05) is 16.8 Å². The fraction of sp³-hybridized carbons (Fsp3) is 0.385. The van der Waals surface area contributed by atoms with E-state index in [1.54, 1.807) is 11.8 Å². The van der Waals surface area contributed by atoms with Crippen LogP contribution in [-0.2, 0) is 9.59 Å². The lowest BCUT2D eigenvalue weighted by Crippen LogP contribution is -2.38. The van der Waals surface area contributed by atoms with Gasteiger partial charge < -0.3 is 10.1 Å². The van der Waals surface area contributed by atoms with Crippen molar-refractivity contribution in [3.8, 4) is 5.75 Å². The number of benzene rings is 2. The van der Waals surface area contributed by atoms with Gasteiger partial charge in [0.25, 0.3) is 0 Å². The molecule has 0 radical (unpaired) electrons. The van der Waals surface area contributed by atoms with Crippen molar-refractivity contribution in [3.63, 3.8) is 0 Å². The molecule has 0 unspecified atom stereocenters. The molecule has 1 N–H and O–H groups in total. The zero-order chi connectivity index (χ0) is 22.2. The molecule has 0 fully saturated rings. The SMILES string of the molecule is CCCOc1ccccc1[C@H]1C2=C(CC(C)(C)CC2=O)Nc2ccccc2N1C(C)=O. The van der Waals surface area contributed by atoms with Crippen molar-refractivity contribution < 1.29 is 14.3 Å². The highest BCUT2D eigenvalue weighted by atomic mass is 16.5. The van der Waals surface area contributed by atoms with Crippen molar-refractivity contribution in [2.24, 2.45) is 5.41 Å². The van der Waals surface area contributed by atoms with Gasteiger partial charge in [0.2, 0.25) is 5.91 Å². The van der Waals surface area contributed by atoms with E-state index in [0.717, 1.165) is 35.5 Å². The van der Waals surface area contributed by atoms with Gasteiger partial charge in [-0.3, -0.25) is 14.5 Å². The summed E-state index contributed by atoms with van der Waals surface area (Å²) in [5.74, 6) is 0.675. The number of para-hydroxylation sites is 3. The Kier molecular flexibility index (Phi) is 5.61. The highest BCUT2D eigenvalue weighted by molar-refractivity contribution is 6.06. The van der Waals surface area contributed by atoms with Gasteiger partial charge >= 0.3 is 0 Å². The van der Waals surface area contributed by atoms with E-state index in [-0.39, 0.29) is 17.1 Å². The van der Waals surface area contributed by atoms with E-state index >= 15 is 0 Å². The second-order valence-electron chi connectivity index (χ2n) is 9.15. The van der Waals surface area contributed by atoms with E-state index in [9.17, 15) is 9.59 Å². The third-order valence-corrected chi connectivity index (χ3v) is 5.92. The molecule has 0 bridgehead atoms. The first-order chi connectivity index (χ1) is 14.8. The quantitative estimate of drug-likeness (QED) is 0.698. The molecule has 5 heteroatoms. The summed E-state index contributed by atoms with van der Waals surface area (Å²) in [5, 5.41) is 3.52. The molecule has 2 aromatic rings. The second kappa shape index (κ2) is 8.22. The molecule has 1 amide bonds. The standard InChI is InChI=1S/C26H30N2O3/c1-5-14-31-23-13-9-6-10-18(23)25-24-20(15-26(3,4)16-22(24)30)27-19-11-7-8-12-21(19)28(25)17(2)29/h6-13,25,27H,5,14-16H2,1-4H3/t25-/m0/s1. The van der Waals surface area contributed by atoms with Crippen LogP contribution >= 0.6 is 0 Å². The zero-order valence-electron chi connectivity index (χ0n) is 18.7. The summed E-state index contributed by atoms with van der Waals surface area (Å²) in [4.78, 5) is 28.3. The number of ether oxygens (including phenoxy) is 1. The average molecular weight is 419 g/mol. The second-order valence-corrected chi connectivity index (χ2v) is 9.15. The predicted octanol–water partition coefficient (Wildman–Crippen LogP) is 5.64. The van der Waals surface area contributed by atoms with Crippen LogP contribution in [0.3, 0.4) is 0 Å². The van der Waals surface area contributed by atoms with Gasteiger partial charge in [0, 0.05) is 30.2 Å². The smallest absolute Gasteiger partial charge is 0.224 e. The minimum absolute atomic E-state index is 0.0769. The number of ketones is 1. The fourth-order valence-electron chi connectivity index (χ4n) is 4.68. The minimum Gasteiger partial charge on any atom is -0.493 e. The fourth-order valence-corrected chi connectivity index (χ4v) is 4.68. The van der Waals surface area contributed by atoms with E-state index < -0.39 is 6.04 Å². The molecule has 1 aliphatic carbocycles. The molecule has 0 saturated heterocycles. The van der Waals surface area contributed by atoms with Crippen LogP contribution in [0.2, 0.25) is 0 Å². The van der Waals surface area contributed by atoms with Gasteiger partial charge in [-0.25, -0.2) is 0 Å². The maximum absolute atomic E-state index is 13.5. The monoisotopic (exact) mass is 418 g/mol. The largest absolute Gasteiger partial charge is 0.493 e. The maximum atomic E-state index is 13.5. The zero-order valence-corrected chi connectivity index (χ0v) is 18.7. The number of amides is 1. The summed E-state index contributed by atoms with van der Waals surface area (Å²) >= 11 is 0. The highest BCUT2D eigenvalue weighted by Gasteiger charge is 2.43. The Morgan fingerprint density at radius 2 is 1.84 bits per heavy atom. The number of fused-ring (bicyclic) bond motifs is 1. The molecule has 2 aliphatic rings. The first-order valence-electron chi connectivity index (χ1n) is 11.0. The summed E-state index contributed by atoms with van der Waals surface area (Å²) < 4.78 is 6.06. The van der Waals surface area contributed by atoms with Gasteiger partial charge in [0.15, 0.2) is 5.78 Å². The Bertz CT molecular complexity index is 1050. The average Bonchev–Trinajstić information content (AvgIpc) is 2.85. The van der Waals surface area contributed by atoms with Crippen LogP contribution < -0.4 is 15.0 Å². The predicted molar refractivity (Wildman–Crippen MR) is 123 cm³/mol. The van der Waals surface area contributed by atoms with Gasteiger partial charge in [-0.15, -0.1) is 0 Å². The number of nitrogens with one attached hydrogen (secondary N) is 1. The van der Waals surface area contributed by atoms with E-state index in [1.807, 2.05) is 48.5 Å². The van der Waals surface area contributed by atoms with Crippen molar-refractivity contribution >= 4 is 23.1 Å². The number of hydrogen-bond donors (Lipinski definition) is 1. The Morgan fingerprint density at radius 3 is 2.58 bits per heavy atom. The number of allylic oxidation sites excluding steroid dienone is 1. The van der Waals surface area contributed by atoms with Crippen LogP contribution in [0.4, 0.5) is 11.4 Å². The first-order valence-corrected chi connectivity index (χ1v) is 11.0. The van der Waals surface area contributed by atoms with Gasteiger partial charge in [0.1, 0.15) is 5.75 Å². The molecule has 5 nitrogen and oxygen atoms in total. The molecule has 2 aromatic carbocycles. The number of hydrogen-bond acceptors (Lipinski definition) is 4. The molecule has 0 saturated carbocycles. The van der Waals surface area contributed by atoms with Crippen LogP contribution in [0.25, 0.3) is 0 Å². The topological polar surface area (TPSA) is 58.6 Å². The van der Waals surface area contributed by atoms with Crippen molar-refractivity contribution in [1.82, 2.24) is 0 Å². The first kappa shape index (κ1) is 21.2. The van der Waals surface area contributed by atoms with Crippen molar-refractivity contribution in [2.45, 2.75) is 53.0 Å². The molecule has 0 spiro atoms. The molecule has 162 valence electrons. The molecule has 0 aromatic heterocycles. The number of rotatable bonds is 4. The van der Waals surface area contributed by atoms with E-state index in [2.05, 4.69) is 26.1 Å². The molecule has 1 aliphatic heterocycles. The summed E-state index contributed by atoms with van der Waals surface area (Å²) in [7, 11) is 0. The van der Waals surface area contributed by atoms with Crippen LogP contribution in [0.5, 0.6) is 5.75 Å². The van der Waals surface area contributed by atoms with E-state index in [1.165, 1.54) is 0 Å². The van der Waals surface area contributed by atoms with Gasteiger partial charge in [-0.2, -0.15) is 0 Å². The van der Waals surface area contributed by atoms with Crippen LogP contribution in [0, 0.1) is 5.41 Å². The molecular weight excluding hydrogens is 388 g/mol. The summed E-state index contributed by atoms with van der Waals surface area (Å²) in [6, 6.07) is 15.0.